The molecule has 1 aromatic rings. The highest BCUT2D eigenvalue weighted by Crippen LogP contribution is 2.25. The molecule has 0 aromatic carbocycles. The van der Waals surface area contributed by atoms with Crippen molar-refractivity contribution >= 4 is 0 Å². The smallest absolute Gasteiger partial charge is 0.229 e. The molecule has 0 radical (unpaired) electrons. The molecule has 2 nitrogen and oxygen atoms in total. The van der Waals surface area contributed by atoms with Crippen molar-refractivity contribution in [3.63, 3.8) is 0 Å². The molecule has 17 heavy (non-hydrogen) atoms. The normalized spacial score (nSPS) is 13.8. The van der Waals surface area contributed by atoms with Crippen LogP contribution in [0.5, 0.6) is 0 Å². The number of rotatable bonds is 4. The maximum Gasteiger partial charge on any atom is 0.260 e. The summed E-state index contributed by atoms with van der Waals surface area (Å²) in [7, 11) is 0. The number of hydrogen-bond donors (Lipinski definition) is 0. The van der Waals surface area contributed by atoms with Crippen molar-refractivity contribution < 1.29 is 4.57 Å². The topological polar surface area (TPSA) is 8.81 Å². The van der Waals surface area contributed by atoms with Gasteiger partial charge in [0.2, 0.25) is 0 Å². The average Bonchev–Trinajstić information content (AvgIpc) is 2.50. The summed E-state index contributed by atoms with van der Waals surface area (Å²) in [5.74, 6) is 2.11. The van der Waals surface area contributed by atoms with Gasteiger partial charge in [0.1, 0.15) is 11.4 Å². The Morgan fingerprint density at radius 3 is 1.94 bits per heavy atom. The van der Waals surface area contributed by atoms with E-state index in [1.165, 1.54) is 23.6 Å². The molecule has 2 heteroatoms. The van der Waals surface area contributed by atoms with Crippen LogP contribution in [0.15, 0.2) is 0 Å². The molecule has 1 aromatic heterocycles. The van der Waals surface area contributed by atoms with E-state index in [0.717, 1.165) is 0 Å². The monoisotopic (exact) mass is 237 g/mol. The second kappa shape index (κ2) is 5.24. The minimum absolute atomic E-state index is 0.540. The van der Waals surface area contributed by atoms with Crippen LogP contribution >= 0.6 is 0 Å². The van der Waals surface area contributed by atoms with Gasteiger partial charge in [-0.3, -0.25) is 0 Å². The molecule has 0 amide bonds. The van der Waals surface area contributed by atoms with Crippen molar-refractivity contribution in [1.82, 2.24) is 4.57 Å². The van der Waals surface area contributed by atoms with Crippen molar-refractivity contribution in [1.29, 1.82) is 0 Å². The van der Waals surface area contributed by atoms with Crippen LogP contribution in [0.3, 0.4) is 0 Å². The summed E-state index contributed by atoms with van der Waals surface area (Å²) < 4.78 is 5.03. The first kappa shape index (κ1) is 14.3. The molecular weight excluding hydrogens is 208 g/mol. The van der Waals surface area contributed by atoms with E-state index in [9.17, 15) is 0 Å². The lowest BCUT2D eigenvalue weighted by Crippen LogP contribution is -2.43. The second-order valence-corrected chi connectivity index (χ2v) is 5.77. The first-order chi connectivity index (χ1) is 7.82. The Morgan fingerprint density at radius 1 is 1.06 bits per heavy atom. The lowest BCUT2D eigenvalue weighted by Gasteiger charge is -2.14. The van der Waals surface area contributed by atoms with Crippen molar-refractivity contribution in [2.24, 2.45) is 0 Å². The third kappa shape index (κ3) is 2.41. The van der Waals surface area contributed by atoms with Gasteiger partial charge in [0.05, 0.1) is 18.0 Å². The predicted octanol–water partition coefficient (Wildman–Crippen LogP) is 4.07. The molecular formula is C15H29N2+. The van der Waals surface area contributed by atoms with Gasteiger partial charge in [-0.15, -0.1) is 0 Å². The largest absolute Gasteiger partial charge is 0.260 e. The molecule has 0 saturated carbocycles. The van der Waals surface area contributed by atoms with E-state index in [2.05, 4.69) is 64.5 Å². The Bertz CT molecular complexity index is 355. The van der Waals surface area contributed by atoms with Crippen LogP contribution in [0.4, 0.5) is 0 Å². The fourth-order valence-corrected chi connectivity index (χ4v) is 2.77. The van der Waals surface area contributed by atoms with Gasteiger partial charge in [0.15, 0.2) is 0 Å². The van der Waals surface area contributed by atoms with Gasteiger partial charge >= 0.3 is 0 Å². The predicted molar refractivity (Wildman–Crippen MR) is 73.6 cm³/mol. The highest BCUT2D eigenvalue weighted by molar-refractivity contribution is 5.11. The molecule has 1 heterocycles. The summed E-state index contributed by atoms with van der Waals surface area (Å²) in [5, 5.41) is 0. The van der Waals surface area contributed by atoms with Crippen molar-refractivity contribution in [3.8, 4) is 0 Å². The zero-order chi connectivity index (χ0) is 13.3. The van der Waals surface area contributed by atoms with Crippen LogP contribution in [0.25, 0.3) is 0 Å². The van der Waals surface area contributed by atoms with E-state index in [1.54, 1.807) is 0 Å². The van der Waals surface area contributed by atoms with E-state index in [1.807, 2.05) is 0 Å². The highest BCUT2D eigenvalue weighted by Gasteiger charge is 2.31. The first-order valence-corrected chi connectivity index (χ1v) is 6.95. The Hall–Kier alpha value is -0.790. The minimum atomic E-state index is 0.540. The van der Waals surface area contributed by atoms with Crippen LogP contribution in [0, 0.1) is 13.8 Å². The summed E-state index contributed by atoms with van der Waals surface area (Å²) >= 11 is 0. The van der Waals surface area contributed by atoms with Crippen LogP contribution in [0.1, 0.15) is 83.2 Å². The SMILES string of the molecule is CCC(C)c1n(C(C)C)c(C)c(C)[n+]1C(C)C. The van der Waals surface area contributed by atoms with Gasteiger partial charge in [-0.1, -0.05) is 13.8 Å². The number of hydrogen-bond acceptors (Lipinski definition) is 0. The zero-order valence-electron chi connectivity index (χ0n) is 12.8. The summed E-state index contributed by atoms with van der Waals surface area (Å²) in [6.45, 7) is 18.2. The standard InChI is InChI=1S/C15H29N2/c1-9-12(6)15-16(10(2)3)13(7)14(8)17(15)11(4)5/h10-12H,9H2,1-8H3/q+1. The van der Waals surface area contributed by atoms with Gasteiger partial charge in [-0.25, -0.2) is 9.13 Å². The lowest BCUT2D eigenvalue weighted by atomic mass is 10.1. The first-order valence-electron chi connectivity index (χ1n) is 6.95. The Kier molecular flexibility index (Phi) is 4.40. The third-order valence-corrected chi connectivity index (χ3v) is 3.83. The third-order valence-electron chi connectivity index (χ3n) is 3.83. The molecule has 0 aliphatic heterocycles. The summed E-state index contributed by atoms with van der Waals surface area (Å²) in [6, 6.07) is 1.08. The minimum Gasteiger partial charge on any atom is -0.229 e. The average molecular weight is 237 g/mol. The molecule has 1 atom stereocenters. The molecule has 0 aliphatic rings. The maximum absolute atomic E-state index is 2.52. The number of nitrogens with zero attached hydrogens (tertiary/aromatic N) is 2. The lowest BCUT2D eigenvalue weighted by molar-refractivity contribution is -0.729. The molecule has 0 N–H and O–H groups in total. The molecule has 98 valence electrons. The van der Waals surface area contributed by atoms with Gasteiger partial charge in [-0.05, 0) is 34.1 Å². The van der Waals surface area contributed by atoms with Crippen molar-refractivity contribution in [2.75, 3.05) is 0 Å². The van der Waals surface area contributed by atoms with Gasteiger partial charge in [0, 0.05) is 13.8 Å². The summed E-state index contributed by atoms with van der Waals surface area (Å²) in [5.41, 5.74) is 2.84. The van der Waals surface area contributed by atoms with Crippen LogP contribution in [-0.4, -0.2) is 4.57 Å². The molecule has 1 unspecified atom stereocenters. The van der Waals surface area contributed by atoms with E-state index >= 15 is 0 Å². The second-order valence-electron chi connectivity index (χ2n) is 5.77. The highest BCUT2D eigenvalue weighted by atomic mass is 15.2. The summed E-state index contributed by atoms with van der Waals surface area (Å²) in [4.78, 5) is 0. The van der Waals surface area contributed by atoms with Gasteiger partial charge in [0.25, 0.3) is 5.82 Å². The fraction of sp³-hybridized carbons (Fsp3) is 0.800. The quantitative estimate of drug-likeness (QED) is 0.698. The van der Waals surface area contributed by atoms with E-state index in [-0.39, 0.29) is 0 Å². The van der Waals surface area contributed by atoms with E-state index < -0.39 is 0 Å². The molecule has 0 aliphatic carbocycles. The molecule has 0 saturated heterocycles. The fourth-order valence-electron chi connectivity index (χ4n) is 2.77. The number of aromatic nitrogens is 2. The van der Waals surface area contributed by atoms with Crippen LogP contribution in [-0.2, 0) is 0 Å². The Labute approximate surface area is 107 Å². The molecule has 0 fully saturated rings. The molecule has 1 rings (SSSR count). The Balaban J connectivity index is 3.54. The molecule has 0 bridgehead atoms. The summed E-state index contributed by atoms with van der Waals surface area (Å²) in [6.07, 6.45) is 1.20. The van der Waals surface area contributed by atoms with Crippen molar-refractivity contribution in [3.05, 3.63) is 17.2 Å². The maximum atomic E-state index is 2.52. The van der Waals surface area contributed by atoms with Crippen LogP contribution in [0.2, 0.25) is 0 Å². The van der Waals surface area contributed by atoms with Crippen molar-refractivity contribution in [2.45, 2.75) is 79.8 Å². The van der Waals surface area contributed by atoms with E-state index in [4.69, 9.17) is 0 Å². The molecule has 0 spiro atoms. The van der Waals surface area contributed by atoms with Gasteiger partial charge in [-0.2, -0.15) is 0 Å². The van der Waals surface area contributed by atoms with E-state index in [0.29, 0.717) is 18.0 Å². The van der Waals surface area contributed by atoms with Gasteiger partial charge < -0.3 is 0 Å². The zero-order valence-corrected chi connectivity index (χ0v) is 12.8. The Morgan fingerprint density at radius 2 is 1.59 bits per heavy atom. The van der Waals surface area contributed by atoms with Crippen LogP contribution < -0.4 is 4.57 Å². The number of imidazole rings is 1.